The highest BCUT2D eigenvalue weighted by molar-refractivity contribution is 6.04. The predicted octanol–water partition coefficient (Wildman–Crippen LogP) is 4.71. The van der Waals surface area contributed by atoms with Gasteiger partial charge in [-0.25, -0.2) is 0 Å². The zero-order chi connectivity index (χ0) is 19.5. The number of anilines is 2. The number of nitrogens with one attached hydrogen (secondary N) is 2. The van der Waals surface area contributed by atoms with Crippen molar-refractivity contribution in [1.29, 1.82) is 0 Å². The molecule has 2 N–H and O–H groups in total. The van der Waals surface area contributed by atoms with E-state index in [-0.39, 0.29) is 11.8 Å². The third-order valence-corrected chi connectivity index (χ3v) is 6.11. The highest BCUT2D eigenvalue weighted by Crippen LogP contribution is 2.49. The zero-order valence-corrected chi connectivity index (χ0v) is 16.1. The van der Waals surface area contributed by atoms with Crippen LogP contribution in [0.4, 0.5) is 11.4 Å². The summed E-state index contributed by atoms with van der Waals surface area (Å²) in [6, 6.07) is 14.2. The van der Waals surface area contributed by atoms with Crippen LogP contribution in [0.15, 0.2) is 48.5 Å². The van der Waals surface area contributed by atoms with Gasteiger partial charge in [0, 0.05) is 23.4 Å². The summed E-state index contributed by atoms with van der Waals surface area (Å²) < 4.78 is 5.11. The quantitative estimate of drug-likeness (QED) is 0.765. The van der Waals surface area contributed by atoms with Crippen LogP contribution in [0.25, 0.3) is 0 Å². The molecule has 2 aliphatic carbocycles. The highest BCUT2D eigenvalue weighted by Gasteiger charge is 2.40. The molecule has 2 aromatic rings. The molecule has 146 valence electrons. The average molecular weight is 378 g/mol. The van der Waals surface area contributed by atoms with Crippen molar-refractivity contribution in [3.05, 3.63) is 54.1 Å². The number of hydrogen-bond donors (Lipinski definition) is 2. The Balaban J connectivity index is 1.30. The second-order valence-electron chi connectivity index (χ2n) is 7.95. The van der Waals surface area contributed by atoms with Gasteiger partial charge < -0.3 is 15.4 Å². The Morgan fingerprint density at radius 3 is 2.21 bits per heavy atom. The van der Waals surface area contributed by atoms with Gasteiger partial charge in [0.25, 0.3) is 5.91 Å². The summed E-state index contributed by atoms with van der Waals surface area (Å²) in [6.07, 6.45) is 5.78. The molecule has 2 fully saturated rings. The summed E-state index contributed by atoms with van der Waals surface area (Å²) in [6.45, 7) is 0. The molecule has 5 heteroatoms. The maximum atomic E-state index is 12.4. The van der Waals surface area contributed by atoms with Crippen molar-refractivity contribution in [2.45, 2.75) is 32.1 Å². The van der Waals surface area contributed by atoms with Crippen LogP contribution in [-0.4, -0.2) is 18.9 Å². The van der Waals surface area contributed by atoms with Gasteiger partial charge in [0.2, 0.25) is 5.91 Å². The molecule has 28 heavy (non-hydrogen) atoms. The second kappa shape index (κ2) is 8.05. The number of carbonyl (C=O) groups is 2. The van der Waals surface area contributed by atoms with E-state index in [0.29, 0.717) is 23.6 Å². The summed E-state index contributed by atoms with van der Waals surface area (Å²) in [7, 11) is 1.60. The van der Waals surface area contributed by atoms with Crippen molar-refractivity contribution in [1.82, 2.24) is 0 Å². The van der Waals surface area contributed by atoms with Crippen LogP contribution in [0.3, 0.4) is 0 Å². The van der Waals surface area contributed by atoms with Crippen LogP contribution < -0.4 is 15.4 Å². The number of carbonyl (C=O) groups excluding carboxylic acids is 2. The maximum Gasteiger partial charge on any atom is 0.255 e. The maximum absolute atomic E-state index is 12.4. The number of ether oxygens (including phenoxy) is 1. The van der Waals surface area contributed by atoms with E-state index in [1.54, 1.807) is 55.6 Å². The Morgan fingerprint density at radius 1 is 0.929 bits per heavy atom. The Hall–Kier alpha value is -2.82. The van der Waals surface area contributed by atoms with E-state index in [0.717, 1.165) is 23.3 Å². The third-order valence-electron chi connectivity index (χ3n) is 6.11. The molecule has 5 nitrogen and oxygen atoms in total. The van der Waals surface area contributed by atoms with Gasteiger partial charge in [-0.3, -0.25) is 9.59 Å². The smallest absolute Gasteiger partial charge is 0.255 e. The fourth-order valence-electron chi connectivity index (χ4n) is 4.66. The molecule has 2 aromatic carbocycles. The monoisotopic (exact) mass is 378 g/mol. The Labute approximate surface area is 165 Å². The van der Waals surface area contributed by atoms with Crippen LogP contribution in [-0.2, 0) is 4.79 Å². The Bertz CT molecular complexity index is 845. The average Bonchev–Trinajstić information content (AvgIpc) is 3.32. The van der Waals surface area contributed by atoms with Crippen molar-refractivity contribution >= 4 is 23.2 Å². The van der Waals surface area contributed by atoms with Gasteiger partial charge in [-0.15, -0.1) is 0 Å². The molecule has 2 bridgehead atoms. The topological polar surface area (TPSA) is 67.4 Å². The van der Waals surface area contributed by atoms with E-state index < -0.39 is 0 Å². The minimum atomic E-state index is -0.190. The number of amides is 2. The van der Waals surface area contributed by atoms with Gasteiger partial charge in [0.15, 0.2) is 0 Å². The Morgan fingerprint density at radius 2 is 1.61 bits per heavy atom. The Kier molecular flexibility index (Phi) is 5.33. The summed E-state index contributed by atoms with van der Waals surface area (Å²) in [4.78, 5) is 24.7. The molecule has 0 aromatic heterocycles. The summed E-state index contributed by atoms with van der Waals surface area (Å²) >= 11 is 0. The molecular formula is C23H26N2O3. The zero-order valence-electron chi connectivity index (χ0n) is 16.1. The van der Waals surface area contributed by atoms with Gasteiger partial charge >= 0.3 is 0 Å². The van der Waals surface area contributed by atoms with E-state index in [1.807, 2.05) is 0 Å². The van der Waals surface area contributed by atoms with E-state index in [1.165, 1.54) is 25.7 Å². The van der Waals surface area contributed by atoms with E-state index >= 15 is 0 Å². The van der Waals surface area contributed by atoms with Crippen molar-refractivity contribution in [2.75, 3.05) is 17.7 Å². The summed E-state index contributed by atoms with van der Waals surface area (Å²) in [5.74, 6) is 2.78. The highest BCUT2D eigenvalue weighted by atomic mass is 16.5. The number of benzene rings is 2. The largest absolute Gasteiger partial charge is 0.497 e. The van der Waals surface area contributed by atoms with Crippen LogP contribution in [0, 0.1) is 17.8 Å². The van der Waals surface area contributed by atoms with Crippen molar-refractivity contribution < 1.29 is 14.3 Å². The third kappa shape index (κ3) is 4.19. The van der Waals surface area contributed by atoms with Crippen LogP contribution in [0.2, 0.25) is 0 Å². The number of hydrogen-bond acceptors (Lipinski definition) is 3. The molecule has 0 heterocycles. The number of methoxy groups -OCH3 is 1. The van der Waals surface area contributed by atoms with Gasteiger partial charge in [0.05, 0.1) is 7.11 Å². The molecular weight excluding hydrogens is 352 g/mol. The number of fused-ring (bicyclic) bond motifs is 2. The molecule has 2 aliphatic rings. The molecule has 0 unspecified atom stereocenters. The fourth-order valence-corrected chi connectivity index (χ4v) is 4.66. The van der Waals surface area contributed by atoms with Crippen LogP contribution >= 0.6 is 0 Å². The molecule has 3 atom stereocenters. The van der Waals surface area contributed by atoms with Crippen LogP contribution in [0.1, 0.15) is 42.5 Å². The molecule has 2 amide bonds. The summed E-state index contributed by atoms with van der Waals surface area (Å²) in [5, 5.41) is 5.82. The minimum Gasteiger partial charge on any atom is -0.497 e. The first-order valence-corrected chi connectivity index (χ1v) is 9.96. The second-order valence-corrected chi connectivity index (χ2v) is 7.95. The fraction of sp³-hybridized carbons (Fsp3) is 0.391. The summed E-state index contributed by atoms with van der Waals surface area (Å²) in [5.41, 5.74) is 1.98. The molecule has 2 saturated carbocycles. The van der Waals surface area contributed by atoms with E-state index in [2.05, 4.69) is 10.6 Å². The standard InChI is InChI=1S/C23H26N2O3/c1-28-21-10-8-20(9-11-21)25-23(27)16-4-6-19(7-5-16)24-22(26)14-18-13-15-2-3-17(18)12-15/h4-11,15,17-18H,2-3,12-14H2,1H3,(H,24,26)(H,25,27)/t15-,17+,18-/m0/s1. The van der Waals surface area contributed by atoms with Gasteiger partial charge in [-0.2, -0.15) is 0 Å². The van der Waals surface area contributed by atoms with Crippen molar-refractivity contribution in [2.24, 2.45) is 17.8 Å². The molecule has 0 aliphatic heterocycles. The first-order valence-electron chi connectivity index (χ1n) is 9.96. The lowest BCUT2D eigenvalue weighted by Crippen LogP contribution is -2.20. The minimum absolute atomic E-state index is 0.0768. The van der Waals surface area contributed by atoms with Gasteiger partial charge in [0.1, 0.15) is 5.75 Å². The number of rotatable bonds is 6. The van der Waals surface area contributed by atoms with Crippen molar-refractivity contribution in [3.63, 3.8) is 0 Å². The lowest BCUT2D eigenvalue weighted by Gasteiger charge is -2.20. The molecule has 4 rings (SSSR count). The normalized spacial score (nSPS) is 22.7. The first kappa shape index (κ1) is 18.5. The van der Waals surface area contributed by atoms with Crippen molar-refractivity contribution in [3.8, 4) is 5.75 Å². The first-order chi connectivity index (χ1) is 13.6. The lowest BCUT2D eigenvalue weighted by atomic mass is 9.86. The lowest BCUT2D eigenvalue weighted by molar-refractivity contribution is -0.117. The van der Waals surface area contributed by atoms with Gasteiger partial charge in [-0.1, -0.05) is 6.42 Å². The van der Waals surface area contributed by atoms with E-state index in [9.17, 15) is 9.59 Å². The van der Waals surface area contributed by atoms with Crippen LogP contribution in [0.5, 0.6) is 5.75 Å². The molecule has 0 saturated heterocycles. The molecule has 0 radical (unpaired) electrons. The van der Waals surface area contributed by atoms with Gasteiger partial charge in [-0.05, 0) is 85.5 Å². The SMILES string of the molecule is COc1ccc(NC(=O)c2ccc(NC(=O)C[C@@H]3C[C@H]4CC[C@@H]3C4)cc2)cc1. The van der Waals surface area contributed by atoms with E-state index in [4.69, 9.17) is 4.74 Å². The molecule has 0 spiro atoms. The predicted molar refractivity (Wildman–Crippen MR) is 110 cm³/mol.